The minimum atomic E-state index is -0.228. The molecule has 2 N–H and O–H groups in total. The zero-order valence-corrected chi connectivity index (χ0v) is 15.6. The van der Waals surface area contributed by atoms with Crippen LogP contribution in [0, 0.1) is 6.92 Å². The van der Waals surface area contributed by atoms with Crippen molar-refractivity contribution in [1.29, 1.82) is 0 Å². The van der Waals surface area contributed by atoms with E-state index < -0.39 is 0 Å². The number of fused-ring (bicyclic) bond motifs is 2. The Bertz CT molecular complexity index is 1120. The van der Waals surface area contributed by atoms with Crippen LogP contribution in [0.3, 0.4) is 0 Å². The number of pyridine rings is 1. The van der Waals surface area contributed by atoms with Gasteiger partial charge < -0.3 is 24.5 Å². The van der Waals surface area contributed by atoms with Gasteiger partial charge >= 0.3 is 0 Å². The molecule has 7 heteroatoms. The fourth-order valence-corrected chi connectivity index (χ4v) is 3.26. The molecule has 28 heavy (non-hydrogen) atoms. The van der Waals surface area contributed by atoms with Gasteiger partial charge in [0.05, 0.1) is 12.6 Å². The van der Waals surface area contributed by atoms with Crippen LogP contribution in [-0.2, 0) is 6.42 Å². The maximum absolute atomic E-state index is 12.4. The van der Waals surface area contributed by atoms with Crippen LogP contribution in [0.25, 0.3) is 10.9 Å². The van der Waals surface area contributed by atoms with Gasteiger partial charge in [-0.3, -0.25) is 9.59 Å². The largest absolute Gasteiger partial charge is 0.495 e. The Kier molecular flexibility index (Phi) is 4.65. The molecule has 0 saturated carbocycles. The molecular weight excluding hydrogens is 360 g/mol. The van der Waals surface area contributed by atoms with E-state index in [1.54, 1.807) is 25.3 Å². The number of aromatic amines is 1. The SMILES string of the molecule is COc1ccc(C)c2cc(CCNC(=O)c3ccc4c(c3)OCO4)c(=O)[nH]c12. The first-order valence-corrected chi connectivity index (χ1v) is 8.94. The highest BCUT2D eigenvalue weighted by molar-refractivity contribution is 5.95. The average molecular weight is 380 g/mol. The van der Waals surface area contributed by atoms with E-state index >= 15 is 0 Å². The van der Waals surface area contributed by atoms with Crippen LogP contribution >= 0.6 is 0 Å². The molecule has 0 spiro atoms. The van der Waals surface area contributed by atoms with Crippen molar-refractivity contribution in [2.75, 3.05) is 20.4 Å². The first kappa shape index (κ1) is 17.9. The third kappa shape index (κ3) is 3.26. The minimum Gasteiger partial charge on any atom is -0.495 e. The second kappa shape index (κ2) is 7.26. The van der Waals surface area contributed by atoms with Crippen LogP contribution in [0.15, 0.2) is 41.2 Å². The topological polar surface area (TPSA) is 89.7 Å². The molecular formula is C21H20N2O5. The Balaban J connectivity index is 1.48. The molecule has 2 aromatic carbocycles. The summed E-state index contributed by atoms with van der Waals surface area (Å²) in [5.41, 5.74) is 2.62. The van der Waals surface area contributed by atoms with Crippen molar-refractivity contribution in [3.05, 3.63) is 63.4 Å². The predicted molar refractivity (Wildman–Crippen MR) is 104 cm³/mol. The molecule has 144 valence electrons. The summed E-state index contributed by atoms with van der Waals surface area (Å²) < 4.78 is 15.9. The lowest BCUT2D eigenvalue weighted by molar-refractivity contribution is 0.0953. The van der Waals surface area contributed by atoms with Crippen molar-refractivity contribution < 1.29 is 19.0 Å². The summed E-state index contributed by atoms with van der Waals surface area (Å²) in [7, 11) is 1.57. The van der Waals surface area contributed by atoms with Gasteiger partial charge in [0.1, 0.15) is 5.75 Å². The van der Waals surface area contributed by atoms with Gasteiger partial charge in [0.25, 0.3) is 11.5 Å². The molecule has 1 amide bonds. The fraction of sp³-hybridized carbons (Fsp3) is 0.238. The van der Waals surface area contributed by atoms with Crippen LogP contribution in [0.4, 0.5) is 0 Å². The zero-order valence-electron chi connectivity index (χ0n) is 15.6. The number of aryl methyl sites for hydroxylation is 1. The predicted octanol–water partition coefficient (Wildman–Crippen LogP) is 2.55. The number of carbonyl (C=O) groups is 1. The van der Waals surface area contributed by atoms with Crippen molar-refractivity contribution in [1.82, 2.24) is 10.3 Å². The highest BCUT2D eigenvalue weighted by Gasteiger charge is 2.16. The van der Waals surface area contributed by atoms with Gasteiger partial charge in [-0.05, 0) is 49.2 Å². The average Bonchev–Trinajstić information content (AvgIpc) is 3.17. The molecule has 0 bridgehead atoms. The number of nitrogens with one attached hydrogen (secondary N) is 2. The Hall–Kier alpha value is -3.48. The quantitative estimate of drug-likeness (QED) is 0.710. The molecule has 1 aliphatic heterocycles. The molecule has 1 aliphatic rings. The van der Waals surface area contributed by atoms with Crippen LogP contribution in [0.1, 0.15) is 21.5 Å². The Morgan fingerprint density at radius 3 is 2.82 bits per heavy atom. The third-order valence-electron chi connectivity index (χ3n) is 4.81. The number of methoxy groups -OCH3 is 1. The first-order valence-electron chi connectivity index (χ1n) is 8.94. The van der Waals surface area contributed by atoms with Gasteiger partial charge in [0, 0.05) is 23.1 Å². The molecule has 2 heterocycles. The number of benzene rings is 2. The van der Waals surface area contributed by atoms with Gasteiger partial charge in [-0.15, -0.1) is 0 Å². The van der Waals surface area contributed by atoms with Gasteiger partial charge in [-0.1, -0.05) is 6.07 Å². The number of H-pyrrole nitrogens is 1. The van der Waals surface area contributed by atoms with Crippen LogP contribution in [0.2, 0.25) is 0 Å². The minimum absolute atomic E-state index is 0.162. The van der Waals surface area contributed by atoms with Crippen molar-refractivity contribution in [2.45, 2.75) is 13.3 Å². The Morgan fingerprint density at radius 2 is 2.00 bits per heavy atom. The van der Waals surface area contributed by atoms with Crippen LogP contribution in [-0.4, -0.2) is 31.3 Å². The van der Waals surface area contributed by atoms with Crippen LogP contribution in [0.5, 0.6) is 17.2 Å². The lowest BCUT2D eigenvalue weighted by atomic mass is 10.1. The number of carbonyl (C=O) groups excluding carboxylic acids is 1. The summed E-state index contributed by atoms with van der Waals surface area (Å²) in [6.45, 7) is 2.48. The van der Waals surface area contributed by atoms with E-state index in [0.29, 0.717) is 46.9 Å². The lowest BCUT2D eigenvalue weighted by Gasteiger charge is -2.10. The summed E-state index contributed by atoms with van der Waals surface area (Å²) in [5.74, 6) is 1.59. The summed E-state index contributed by atoms with van der Waals surface area (Å²) >= 11 is 0. The number of ether oxygens (including phenoxy) is 3. The van der Waals surface area contributed by atoms with Gasteiger partial charge in [0.2, 0.25) is 6.79 Å². The number of aromatic nitrogens is 1. The molecule has 4 rings (SSSR count). The normalized spacial score (nSPS) is 12.2. The van der Waals surface area contributed by atoms with E-state index in [0.717, 1.165) is 10.9 Å². The van der Waals surface area contributed by atoms with Crippen molar-refractivity contribution in [3.63, 3.8) is 0 Å². The second-order valence-electron chi connectivity index (χ2n) is 6.57. The number of hydrogen-bond acceptors (Lipinski definition) is 5. The van der Waals surface area contributed by atoms with Crippen LogP contribution < -0.4 is 25.1 Å². The Labute approximate surface area is 161 Å². The molecule has 0 unspecified atom stereocenters. The Morgan fingerprint density at radius 1 is 1.18 bits per heavy atom. The van der Waals surface area contributed by atoms with E-state index in [-0.39, 0.29) is 18.3 Å². The third-order valence-corrected chi connectivity index (χ3v) is 4.81. The molecule has 0 saturated heterocycles. The molecule has 0 atom stereocenters. The van der Waals surface area contributed by atoms with E-state index in [1.807, 2.05) is 25.1 Å². The maximum Gasteiger partial charge on any atom is 0.251 e. The number of hydrogen-bond donors (Lipinski definition) is 2. The highest BCUT2D eigenvalue weighted by Crippen LogP contribution is 2.32. The zero-order chi connectivity index (χ0) is 19.7. The molecule has 1 aromatic heterocycles. The summed E-state index contributed by atoms with van der Waals surface area (Å²) in [6.07, 6.45) is 0.415. The standard InChI is InChI=1S/C21H20N2O5/c1-12-3-5-17(26-2)19-15(12)9-14(21(25)23-19)7-8-22-20(24)13-4-6-16-18(10-13)28-11-27-16/h3-6,9-10H,7-8,11H2,1-2H3,(H,22,24)(H,23,25). The van der Waals surface area contributed by atoms with E-state index in [2.05, 4.69) is 10.3 Å². The van der Waals surface area contributed by atoms with E-state index in [4.69, 9.17) is 14.2 Å². The van der Waals surface area contributed by atoms with E-state index in [9.17, 15) is 9.59 Å². The fourth-order valence-electron chi connectivity index (χ4n) is 3.26. The smallest absolute Gasteiger partial charge is 0.251 e. The lowest BCUT2D eigenvalue weighted by Crippen LogP contribution is -2.27. The van der Waals surface area contributed by atoms with Crippen molar-refractivity contribution >= 4 is 16.8 Å². The van der Waals surface area contributed by atoms with Gasteiger partial charge in [0.15, 0.2) is 11.5 Å². The molecule has 0 radical (unpaired) electrons. The highest BCUT2D eigenvalue weighted by atomic mass is 16.7. The number of rotatable bonds is 5. The summed E-state index contributed by atoms with van der Waals surface area (Å²) in [6, 6.07) is 10.7. The molecule has 7 nitrogen and oxygen atoms in total. The summed E-state index contributed by atoms with van der Waals surface area (Å²) in [5, 5.41) is 3.77. The molecule has 0 fully saturated rings. The number of amides is 1. The molecule has 0 aliphatic carbocycles. The van der Waals surface area contributed by atoms with Gasteiger partial charge in [-0.25, -0.2) is 0 Å². The second-order valence-corrected chi connectivity index (χ2v) is 6.57. The van der Waals surface area contributed by atoms with Crippen molar-refractivity contribution in [2.24, 2.45) is 0 Å². The van der Waals surface area contributed by atoms with E-state index in [1.165, 1.54) is 0 Å². The monoisotopic (exact) mass is 380 g/mol. The summed E-state index contributed by atoms with van der Waals surface area (Å²) in [4.78, 5) is 27.7. The molecule has 3 aromatic rings. The van der Waals surface area contributed by atoms with Crippen molar-refractivity contribution in [3.8, 4) is 17.2 Å². The maximum atomic E-state index is 12.4. The first-order chi connectivity index (χ1) is 13.6. The van der Waals surface area contributed by atoms with Gasteiger partial charge in [-0.2, -0.15) is 0 Å².